The number of aromatic nitrogens is 1. The molecule has 3 heteroatoms. The van der Waals surface area contributed by atoms with Crippen LogP contribution in [0.3, 0.4) is 0 Å². The standard InChI is InChI=1S/C14H22N2O/c1-11-6-4-3-5-9-16(11)14-8-7-13(10-17)12(2)15-14/h7-8,11,17H,3-6,9-10H2,1-2H3. The van der Waals surface area contributed by atoms with Crippen molar-refractivity contribution in [1.29, 1.82) is 0 Å². The predicted octanol–water partition coefficient (Wildman–Crippen LogP) is 2.65. The van der Waals surface area contributed by atoms with Crippen LogP contribution in [-0.4, -0.2) is 22.7 Å². The summed E-state index contributed by atoms with van der Waals surface area (Å²) in [6, 6.07) is 4.61. The molecule has 1 N–H and O–H groups in total. The van der Waals surface area contributed by atoms with E-state index in [1.165, 1.54) is 25.7 Å². The largest absolute Gasteiger partial charge is 0.392 e. The number of hydrogen-bond acceptors (Lipinski definition) is 3. The van der Waals surface area contributed by atoms with Gasteiger partial charge in [-0.2, -0.15) is 0 Å². The zero-order valence-corrected chi connectivity index (χ0v) is 10.8. The van der Waals surface area contributed by atoms with Crippen molar-refractivity contribution < 1.29 is 5.11 Å². The first-order valence-electron chi connectivity index (χ1n) is 6.56. The maximum absolute atomic E-state index is 9.16. The van der Waals surface area contributed by atoms with E-state index < -0.39 is 0 Å². The van der Waals surface area contributed by atoms with Gasteiger partial charge in [0.05, 0.1) is 6.61 Å². The summed E-state index contributed by atoms with van der Waals surface area (Å²) >= 11 is 0. The van der Waals surface area contributed by atoms with Crippen molar-refractivity contribution in [3.8, 4) is 0 Å². The van der Waals surface area contributed by atoms with E-state index in [-0.39, 0.29) is 6.61 Å². The molecule has 0 amide bonds. The van der Waals surface area contributed by atoms with Crippen LogP contribution in [0.25, 0.3) is 0 Å². The van der Waals surface area contributed by atoms with Crippen LogP contribution in [0, 0.1) is 6.92 Å². The number of aryl methyl sites for hydroxylation is 1. The molecular formula is C14H22N2O. The molecule has 1 aromatic rings. The van der Waals surface area contributed by atoms with E-state index in [2.05, 4.69) is 16.8 Å². The van der Waals surface area contributed by atoms with Crippen molar-refractivity contribution >= 4 is 5.82 Å². The highest BCUT2D eigenvalue weighted by molar-refractivity contribution is 5.42. The molecule has 94 valence electrons. The van der Waals surface area contributed by atoms with E-state index in [1.54, 1.807) is 0 Å². The molecule has 0 spiro atoms. The van der Waals surface area contributed by atoms with Crippen LogP contribution < -0.4 is 4.90 Å². The molecule has 1 unspecified atom stereocenters. The van der Waals surface area contributed by atoms with Crippen LogP contribution >= 0.6 is 0 Å². The lowest BCUT2D eigenvalue weighted by Crippen LogP contribution is -2.33. The van der Waals surface area contributed by atoms with Crippen LogP contribution in [0.4, 0.5) is 5.82 Å². The monoisotopic (exact) mass is 234 g/mol. The number of anilines is 1. The highest BCUT2D eigenvalue weighted by atomic mass is 16.3. The summed E-state index contributed by atoms with van der Waals surface area (Å²) in [5, 5.41) is 9.16. The number of nitrogens with zero attached hydrogens (tertiary/aromatic N) is 2. The van der Waals surface area contributed by atoms with Gasteiger partial charge in [0.2, 0.25) is 0 Å². The van der Waals surface area contributed by atoms with Gasteiger partial charge in [0, 0.05) is 18.3 Å². The Kier molecular flexibility index (Phi) is 4.00. The van der Waals surface area contributed by atoms with Crippen molar-refractivity contribution in [3.63, 3.8) is 0 Å². The minimum Gasteiger partial charge on any atom is -0.392 e. The van der Waals surface area contributed by atoms with Gasteiger partial charge in [-0.05, 0) is 38.3 Å². The SMILES string of the molecule is Cc1nc(N2CCCCCC2C)ccc1CO. The molecule has 17 heavy (non-hydrogen) atoms. The highest BCUT2D eigenvalue weighted by Crippen LogP contribution is 2.23. The summed E-state index contributed by atoms with van der Waals surface area (Å²) in [5.41, 5.74) is 1.87. The van der Waals surface area contributed by atoms with Crippen LogP contribution in [0.2, 0.25) is 0 Å². The smallest absolute Gasteiger partial charge is 0.129 e. The van der Waals surface area contributed by atoms with E-state index in [1.807, 2.05) is 19.1 Å². The lowest BCUT2D eigenvalue weighted by Gasteiger charge is -2.28. The predicted molar refractivity (Wildman–Crippen MR) is 70.2 cm³/mol. The van der Waals surface area contributed by atoms with Gasteiger partial charge in [-0.25, -0.2) is 4.98 Å². The van der Waals surface area contributed by atoms with Gasteiger partial charge in [-0.15, -0.1) is 0 Å². The maximum atomic E-state index is 9.16. The lowest BCUT2D eigenvalue weighted by molar-refractivity contribution is 0.280. The number of aliphatic hydroxyl groups is 1. The van der Waals surface area contributed by atoms with Gasteiger partial charge in [-0.1, -0.05) is 18.9 Å². The van der Waals surface area contributed by atoms with Gasteiger partial charge in [0.25, 0.3) is 0 Å². The lowest BCUT2D eigenvalue weighted by atomic mass is 10.1. The molecule has 1 aliphatic heterocycles. The Balaban J connectivity index is 2.22. The summed E-state index contributed by atoms with van der Waals surface area (Å²) in [6.07, 6.45) is 5.16. The minimum absolute atomic E-state index is 0.0780. The summed E-state index contributed by atoms with van der Waals surface area (Å²) < 4.78 is 0. The Hall–Kier alpha value is -1.09. The van der Waals surface area contributed by atoms with Crippen LogP contribution in [-0.2, 0) is 6.61 Å². The quantitative estimate of drug-likeness (QED) is 0.854. The van der Waals surface area contributed by atoms with Crippen molar-refractivity contribution in [1.82, 2.24) is 4.98 Å². The van der Waals surface area contributed by atoms with E-state index in [0.29, 0.717) is 6.04 Å². The molecule has 2 heterocycles. The van der Waals surface area contributed by atoms with Gasteiger partial charge in [-0.3, -0.25) is 0 Å². The Morgan fingerprint density at radius 1 is 1.35 bits per heavy atom. The molecule has 0 aliphatic carbocycles. The first-order valence-corrected chi connectivity index (χ1v) is 6.56. The number of hydrogen-bond donors (Lipinski definition) is 1. The fraction of sp³-hybridized carbons (Fsp3) is 0.643. The van der Waals surface area contributed by atoms with Gasteiger partial charge in [0.1, 0.15) is 5.82 Å². The number of rotatable bonds is 2. The third-order valence-electron chi connectivity index (χ3n) is 3.70. The minimum atomic E-state index is 0.0780. The molecule has 1 aromatic heterocycles. The number of pyridine rings is 1. The topological polar surface area (TPSA) is 36.4 Å². The molecule has 1 fully saturated rings. The fourth-order valence-electron chi connectivity index (χ4n) is 2.52. The van der Waals surface area contributed by atoms with Gasteiger partial charge >= 0.3 is 0 Å². The second kappa shape index (κ2) is 5.50. The van der Waals surface area contributed by atoms with Crippen LogP contribution in [0.15, 0.2) is 12.1 Å². The summed E-state index contributed by atoms with van der Waals surface area (Å²) in [6.45, 7) is 5.43. The van der Waals surface area contributed by atoms with Crippen LogP contribution in [0.5, 0.6) is 0 Å². The molecule has 1 aliphatic rings. The second-order valence-electron chi connectivity index (χ2n) is 4.96. The third kappa shape index (κ3) is 2.78. The zero-order chi connectivity index (χ0) is 12.3. The Morgan fingerprint density at radius 3 is 2.88 bits per heavy atom. The molecular weight excluding hydrogens is 212 g/mol. The maximum Gasteiger partial charge on any atom is 0.129 e. The van der Waals surface area contributed by atoms with Gasteiger partial charge < -0.3 is 10.0 Å². The van der Waals surface area contributed by atoms with E-state index >= 15 is 0 Å². The first-order chi connectivity index (χ1) is 8.22. The normalized spacial score (nSPS) is 21.4. The molecule has 0 radical (unpaired) electrons. The van der Waals surface area contributed by atoms with Crippen molar-refractivity contribution in [3.05, 3.63) is 23.4 Å². The molecule has 0 bridgehead atoms. The highest BCUT2D eigenvalue weighted by Gasteiger charge is 2.18. The van der Waals surface area contributed by atoms with E-state index in [4.69, 9.17) is 5.11 Å². The summed E-state index contributed by atoms with van der Waals surface area (Å²) in [4.78, 5) is 7.03. The van der Waals surface area contributed by atoms with Gasteiger partial charge in [0.15, 0.2) is 0 Å². The zero-order valence-electron chi connectivity index (χ0n) is 10.8. The molecule has 1 atom stereocenters. The molecule has 1 saturated heterocycles. The summed E-state index contributed by atoms with van der Waals surface area (Å²) in [7, 11) is 0. The second-order valence-corrected chi connectivity index (χ2v) is 4.96. The fourth-order valence-corrected chi connectivity index (χ4v) is 2.52. The third-order valence-corrected chi connectivity index (χ3v) is 3.70. The Labute approximate surface area is 103 Å². The van der Waals surface area contributed by atoms with E-state index in [9.17, 15) is 0 Å². The molecule has 2 rings (SSSR count). The van der Waals surface area contributed by atoms with E-state index in [0.717, 1.165) is 23.6 Å². The molecule has 3 nitrogen and oxygen atoms in total. The average Bonchev–Trinajstić information content (AvgIpc) is 2.54. The van der Waals surface area contributed by atoms with Crippen molar-refractivity contribution in [2.24, 2.45) is 0 Å². The number of aliphatic hydroxyl groups excluding tert-OH is 1. The Morgan fingerprint density at radius 2 is 2.18 bits per heavy atom. The summed E-state index contributed by atoms with van der Waals surface area (Å²) in [5.74, 6) is 1.06. The van der Waals surface area contributed by atoms with Crippen LogP contribution in [0.1, 0.15) is 43.9 Å². The Bertz CT molecular complexity index is 378. The molecule has 0 aromatic carbocycles. The average molecular weight is 234 g/mol. The molecule has 0 saturated carbocycles. The first kappa shape index (κ1) is 12.4. The van der Waals surface area contributed by atoms with Crippen molar-refractivity contribution in [2.45, 2.75) is 52.2 Å². The van der Waals surface area contributed by atoms with Crippen molar-refractivity contribution in [2.75, 3.05) is 11.4 Å².